The van der Waals surface area contributed by atoms with Crippen LogP contribution in [0.5, 0.6) is 5.75 Å². The van der Waals surface area contributed by atoms with Gasteiger partial charge in [-0.15, -0.1) is 0 Å². The average molecular weight is 563 g/mol. The summed E-state index contributed by atoms with van der Waals surface area (Å²) >= 11 is 14.1. The first-order valence-electron chi connectivity index (χ1n) is 9.22. The molecule has 156 valence electrons. The molecule has 31 heavy (non-hydrogen) atoms. The van der Waals surface area contributed by atoms with Crippen molar-refractivity contribution in [3.8, 4) is 11.8 Å². The largest absolute Gasteiger partial charge is 0.488 e. The Balaban J connectivity index is 1.71. The summed E-state index contributed by atoms with van der Waals surface area (Å²) in [5.74, 6) is 0.231. The summed E-state index contributed by atoms with van der Waals surface area (Å²) in [4.78, 5) is 12.5. The third-order valence-electron chi connectivity index (χ3n) is 4.29. The molecule has 0 radical (unpaired) electrons. The highest BCUT2D eigenvalue weighted by molar-refractivity contribution is 14.1. The van der Waals surface area contributed by atoms with Gasteiger partial charge in [-0.2, -0.15) is 5.26 Å². The maximum absolute atomic E-state index is 12.5. The van der Waals surface area contributed by atoms with Crippen LogP contribution < -0.4 is 10.1 Å². The molecule has 0 aliphatic carbocycles. The number of benzene rings is 3. The van der Waals surface area contributed by atoms with E-state index in [9.17, 15) is 10.1 Å². The summed E-state index contributed by atoms with van der Waals surface area (Å²) in [6, 6.07) is 20.2. The first-order chi connectivity index (χ1) is 14.9. The Morgan fingerprint density at radius 2 is 1.94 bits per heavy atom. The van der Waals surface area contributed by atoms with E-state index in [2.05, 4.69) is 27.9 Å². The number of carbonyl (C=O) groups is 1. The predicted molar refractivity (Wildman–Crippen MR) is 133 cm³/mol. The van der Waals surface area contributed by atoms with Crippen LogP contribution in [-0.2, 0) is 11.4 Å². The summed E-state index contributed by atoms with van der Waals surface area (Å²) in [6.45, 7) is 2.27. The molecule has 1 N–H and O–H groups in total. The quantitative estimate of drug-likeness (QED) is 0.199. The standard InChI is InChI=1S/C24H17Cl2IN2O2/c1-15-3-2-4-19(9-15)29-24(30)18(13-28)10-16-6-8-23(22(27)12-16)31-14-17-5-7-20(25)21(26)11-17/h2-12H,14H2,1H3,(H,29,30). The van der Waals surface area contributed by atoms with Crippen molar-refractivity contribution in [2.24, 2.45) is 0 Å². The number of amides is 1. The number of anilines is 1. The van der Waals surface area contributed by atoms with Crippen molar-refractivity contribution < 1.29 is 9.53 Å². The van der Waals surface area contributed by atoms with Gasteiger partial charge < -0.3 is 10.1 Å². The fraction of sp³-hybridized carbons (Fsp3) is 0.0833. The molecule has 0 saturated heterocycles. The van der Waals surface area contributed by atoms with E-state index in [1.54, 1.807) is 36.4 Å². The molecule has 0 spiro atoms. The SMILES string of the molecule is Cc1cccc(NC(=O)C(C#N)=Cc2ccc(OCc3ccc(Cl)c(Cl)c3)c(I)c2)c1. The Labute approximate surface area is 204 Å². The average Bonchev–Trinajstić information content (AvgIpc) is 2.73. The first-order valence-corrected chi connectivity index (χ1v) is 11.1. The van der Waals surface area contributed by atoms with Crippen molar-refractivity contribution in [3.05, 3.63) is 96.5 Å². The molecule has 0 saturated carbocycles. The number of halogens is 3. The van der Waals surface area contributed by atoms with Crippen molar-refractivity contribution in [2.75, 3.05) is 5.32 Å². The van der Waals surface area contributed by atoms with E-state index >= 15 is 0 Å². The minimum Gasteiger partial charge on any atom is -0.488 e. The highest BCUT2D eigenvalue weighted by Crippen LogP contribution is 2.26. The van der Waals surface area contributed by atoms with E-state index in [0.29, 0.717) is 28.1 Å². The Morgan fingerprint density at radius 1 is 1.13 bits per heavy atom. The molecule has 0 aromatic heterocycles. The van der Waals surface area contributed by atoms with E-state index in [1.807, 2.05) is 43.3 Å². The van der Waals surface area contributed by atoms with Gasteiger partial charge in [0, 0.05) is 5.69 Å². The molecule has 1 amide bonds. The van der Waals surface area contributed by atoms with E-state index in [4.69, 9.17) is 27.9 Å². The van der Waals surface area contributed by atoms with Gasteiger partial charge in [-0.3, -0.25) is 4.79 Å². The van der Waals surface area contributed by atoms with Crippen LogP contribution >= 0.6 is 45.8 Å². The molecule has 4 nitrogen and oxygen atoms in total. The lowest BCUT2D eigenvalue weighted by Crippen LogP contribution is -2.13. The Kier molecular flexibility index (Phi) is 7.97. The molecule has 3 rings (SSSR count). The summed E-state index contributed by atoms with van der Waals surface area (Å²) in [7, 11) is 0. The molecule has 3 aromatic carbocycles. The fourth-order valence-corrected chi connectivity index (χ4v) is 3.77. The lowest BCUT2D eigenvalue weighted by Gasteiger charge is -2.10. The fourth-order valence-electron chi connectivity index (χ4n) is 2.75. The topological polar surface area (TPSA) is 62.1 Å². The van der Waals surface area contributed by atoms with Crippen LogP contribution in [0.2, 0.25) is 10.0 Å². The second kappa shape index (κ2) is 10.7. The number of carbonyl (C=O) groups excluding carboxylic acids is 1. The number of hydrogen-bond acceptors (Lipinski definition) is 3. The summed E-state index contributed by atoms with van der Waals surface area (Å²) < 4.78 is 6.72. The van der Waals surface area contributed by atoms with Gasteiger partial charge in [0.15, 0.2) is 0 Å². The summed E-state index contributed by atoms with van der Waals surface area (Å²) in [5, 5.41) is 13.2. The van der Waals surface area contributed by atoms with Crippen LogP contribution in [0.25, 0.3) is 6.08 Å². The van der Waals surface area contributed by atoms with Gasteiger partial charge in [0.25, 0.3) is 5.91 Å². The van der Waals surface area contributed by atoms with Crippen LogP contribution in [0.4, 0.5) is 5.69 Å². The number of nitrogens with zero attached hydrogens (tertiary/aromatic N) is 1. The maximum atomic E-state index is 12.5. The van der Waals surface area contributed by atoms with Crippen LogP contribution in [-0.4, -0.2) is 5.91 Å². The van der Waals surface area contributed by atoms with Crippen LogP contribution in [0.1, 0.15) is 16.7 Å². The highest BCUT2D eigenvalue weighted by Gasteiger charge is 2.11. The number of aryl methyl sites for hydroxylation is 1. The molecule has 7 heteroatoms. The zero-order chi connectivity index (χ0) is 22.4. The molecule has 3 aromatic rings. The zero-order valence-corrected chi connectivity index (χ0v) is 20.1. The van der Waals surface area contributed by atoms with E-state index in [-0.39, 0.29) is 5.57 Å². The van der Waals surface area contributed by atoms with Crippen molar-refractivity contribution >= 4 is 63.5 Å². The second-order valence-electron chi connectivity index (χ2n) is 6.72. The number of ether oxygens (including phenoxy) is 1. The van der Waals surface area contributed by atoms with Gasteiger partial charge in [0.1, 0.15) is 24.0 Å². The number of rotatable bonds is 6. The Bertz CT molecular complexity index is 1200. The minimum atomic E-state index is -0.456. The van der Waals surface area contributed by atoms with E-state index in [1.165, 1.54) is 0 Å². The van der Waals surface area contributed by atoms with Gasteiger partial charge in [0.05, 0.1) is 13.6 Å². The monoisotopic (exact) mass is 562 g/mol. The number of nitrogens with one attached hydrogen (secondary N) is 1. The third-order valence-corrected chi connectivity index (χ3v) is 5.87. The molecule has 0 atom stereocenters. The van der Waals surface area contributed by atoms with Crippen molar-refractivity contribution in [3.63, 3.8) is 0 Å². The van der Waals surface area contributed by atoms with Crippen LogP contribution in [0, 0.1) is 21.8 Å². The Morgan fingerprint density at radius 3 is 2.61 bits per heavy atom. The van der Waals surface area contributed by atoms with Gasteiger partial charge in [-0.25, -0.2) is 0 Å². The highest BCUT2D eigenvalue weighted by atomic mass is 127. The second-order valence-corrected chi connectivity index (χ2v) is 8.70. The molecular formula is C24H17Cl2IN2O2. The van der Waals surface area contributed by atoms with Crippen LogP contribution in [0.15, 0.2) is 66.2 Å². The number of nitriles is 1. The molecule has 0 unspecified atom stereocenters. The van der Waals surface area contributed by atoms with Crippen molar-refractivity contribution in [1.29, 1.82) is 5.26 Å². The van der Waals surface area contributed by atoms with Crippen molar-refractivity contribution in [1.82, 2.24) is 0 Å². The third kappa shape index (κ3) is 6.47. The van der Waals surface area contributed by atoms with Gasteiger partial charge >= 0.3 is 0 Å². The van der Waals surface area contributed by atoms with E-state index in [0.717, 1.165) is 20.3 Å². The molecule has 0 fully saturated rings. The predicted octanol–water partition coefficient (Wildman–Crippen LogP) is 7.03. The van der Waals surface area contributed by atoms with E-state index < -0.39 is 5.91 Å². The molecule has 0 aliphatic heterocycles. The normalized spacial score (nSPS) is 11.0. The zero-order valence-electron chi connectivity index (χ0n) is 16.5. The van der Waals surface area contributed by atoms with Crippen LogP contribution in [0.3, 0.4) is 0 Å². The molecule has 0 bridgehead atoms. The van der Waals surface area contributed by atoms with Crippen molar-refractivity contribution in [2.45, 2.75) is 13.5 Å². The lowest BCUT2D eigenvalue weighted by atomic mass is 10.1. The molecular weight excluding hydrogens is 546 g/mol. The first kappa shape index (κ1) is 23.1. The summed E-state index contributed by atoms with van der Waals surface area (Å²) in [5.41, 5.74) is 3.30. The summed E-state index contributed by atoms with van der Waals surface area (Å²) in [6.07, 6.45) is 1.55. The maximum Gasteiger partial charge on any atom is 0.266 e. The van der Waals surface area contributed by atoms with Gasteiger partial charge in [-0.1, -0.05) is 47.5 Å². The minimum absolute atomic E-state index is 0.0155. The Hall–Kier alpha value is -2.53. The van der Waals surface area contributed by atoms with Gasteiger partial charge in [-0.05, 0) is 88.7 Å². The number of hydrogen-bond donors (Lipinski definition) is 1. The molecule has 0 heterocycles. The van der Waals surface area contributed by atoms with Gasteiger partial charge in [0.2, 0.25) is 0 Å². The smallest absolute Gasteiger partial charge is 0.266 e. The molecule has 0 aliphatic rings. The lowest BCUT2D eigenvalue weighted by molar-refractivity contribution is -0.112.